The summed E-state index contributed by atoms with van der Waals surface area (Å²) in [5.41, 5.74) is 0. The number of amides is 2. The van der Waals surface area contributed by atoms with Gasteiger partial charge in [-0.25, -0.2) is 0 Å². The normalized spacial score (nSPS) is 27.0. The van der Waals surface area contributed by atoms with E-state index in [9.17, 15) is 9.59 Å². The lowest BCUT2D eigenvalue weighted by Crippen LogP contribution is -2.45. The van der Waals surface area contributed by atoms with E-state index in [4.69, 9.17) is 4.74 Å². The van der Waals surface area contributed by atoms with Gasteiger partial charge in [-0.1, -0.05) is 25.7 Å². The molecule has 3 aliphatic rings. The highest BCUT2D eigenvalue weighted by Gasteiger charge is 2.30. The van der Waals surface area contributed by atoms with Crippen LogP contribution in [0.4, 0.5) is 0 Å². The predicted octanol–water partition coefficient (Wildman–Crippen LogP) is 2.49. The Bertz CT molecular complexity index is 418. The fourth-order valence-electron chi connectivity index (χ4n) is 4.25. The Hall–Kier alpha value is -1.10. The lowest BCUT2D eigenvalue weighted by Gasteiger charge is -2.32. The van der Waals surface area contributed by atoms with Gasteiger partial charge in [-0.15, -0.1) is 0 Å². The number of piperidine rings is 1. The van der Waals surface area contributed by atoms with Crippen LogP contribution in [0.5, 0.6) is 0 Å². The van der Waals surface area contributed by atoms with E-state index in [2.05, 4.69) is 5.32 Å². The molecule has 1 N–H and O–H groups in total. The second kappa shape index (κ2) is 8.84. The first-order chi connectivity index (χ1) is 11.7. The molecule has 2 aliphatic heterocycles. The van der Waals surface area contributed by atoms with Crippen molar-refractivity contribution in [2.45, 2.75) is 70.3 Å². The molecule has 2 saturated heterocycles. The van der Waals surface area contributed by atoms with E-state index in [-0.39, 0.29) is 17.7 Å². The van der Waals surface area contributed by atoms with Crippen LogP contribution in [-0.4, -0.2) is 49.1 Å². The van der Waals surface area contributed by atoms with Gasteiger partial charge in [0.1, 0.15) is 0 Å². The van der Waals surface area contributed by atoms with Crippen LogP contribution >= 0.6 is 0 Å². The van der Waals surface area contributed by atoms with Gasteiger partial charge in [0.05, 0.1) is 0 Å². The fraction of sp³-hybridized carbons (Fsp3) is 0.895. The van der Waals surface area contributed by atoms with Crippen molar-refractivity contribution in [1.29, 1.82) is 0 Å². The summed E-state index contributed by atoms with van der Waals surface area (Å²) in [7, 11) is 0. The molecule has 2 heterocycles. The van der Waals surface area contributed by atoms with E-state index in [1.807, 2.05) is 4.90 Å². The number of rotatable bonds is 4. The van der Waals surface area contributed by atoms with Crippen molar-refractivity contribution in [2.75, 3.05) is 26.3 Å². The Kier molecular flexibility index (Phi) is 6.52. The first kappa shape index (κ1) is 17.7. The molecule has 24 heavy (non-hydrogen) atoms. The molecule has 0 unspecified atom stereocenters. The van der Waals surface area contributed by atoms with Gasteiger partial charge in [-0.05, 0) is 38.0 Å². The van der Waals surface area contributed by atoms with Gasteiger partial charge in [0.2, 0.25) is 11.8 Å². The summed E-state index contributed by atoms with van der Waals surface area (Å²) in [6.45, 7) is 2.98. The molecule has 0 spiro atoms. The Morgan fingerprint density at radius 3 is 2.29 bits per heavy atom. The minimum atomic E-state index is 0.0899. The summed E-state index contributed by atoms with van der Waals surface area (Å²) in [5.74, 6) is 0.951. The maximum atomic E-state index is 12.5. The van der Waals surface area contributed by atoms with Crippen molar-refractivity contribution < 1.29 is 14.3 Å². The number of nitrogens with zero attached hydrogens (tertiary/aromatic N) is 1. The molecule has 1 atom stereocenters. The van der Waals surface area contributed by atoms with Gasteiger partial charge >= 0.3 is 0 Å². The van der Waals surface area contributed by atoms with Gasteiger partial charge in [0, 0.05) is 44.7 Å². The Balaban J connectivity index is 1.39. The predicted molar refractivity (Wildman–Crippen MR) is 92.5 cm³/mol. The van der Waals surface area contributed by atoms with Crippen molar-refractivity contribution in [2.24, 2.45) is 11.8 Å². The van der Waals surface area contributed by atoms with Gasteiger partial charge in [0.25, 0.3) is 0 Å². The molecular formula is C19H32N2O3. The molecule has 1 aliphatic carbocycles. The van der Waals surface area contributed by atoms with E-state index in [0.29, 0.717) is 18.4 Å². The number of likely N-dealkylation sites (tertiary alicyclic amines) is 1. The molecule has 2 amide bonds. The van der Waals surface area contributed by atoms with Crippen molar-refractivity contribution in [3.05, 3.63) is 0 Å². The van der Waals surface area contributed by atoms with E-state index in [0.717, 1.165) is 58.4 Å². The van der Waals surface area contributed by atoms with Crippen LogP contribution < -0.4 is 5.32 Å². The third-order valence-corrected chi connectivity index (χ3v) is 5.91. The van der Waals surface area contributed by atoms with Crippen LogP contribution in [0.15, 0.2) is 0 Å². The third kappa shape index (κ3) is 4.95. The van der Waals surface area contributed by atoms with Crippen molar-refractivity contribution in [3.8, 4) is 0 Å². The summed E-state index contributed by atoms with van der Waals surface area (Å²) >= 11 is 0. The number of ether oxygens (including phenoxy) is 1. The summed E-state index contributed by atoms with van der Waals surface area (Å²) in [5, 5.41) is 3.27. The minimum Gasteiger partial charge on any atom is -0.381 e. The number of carbonyl (C=O) groups excluding carboxylic acids is 2. The zero-order chi connectivity index (χ0) is 16.8. The van der Waals surface area contributed by atoms with E-state index >= 15 is 0 Å². The summed E-state index contributed by atoms with van der Waals surface area (Å²) < 4.78 is 5.35. The van der Waals surface area contributed by atoms with Gasteiger partial charge in [0.15, 0.2) is 0 Å². The van der Waals surface area contributed by atoms with Crippen molar-refractivity contribution in [1.82, 2.24) is 10.2 Å². The highest BCUT2D eigenvalue weighted by molar-refractivity contribution is 5.80. The molecule has 0 aromatic carbocycles. The maximum Gasteiger partial charge on any atom is 0.223 e. The summed E-state index contributed by atoms with van der Waals surface area (Å²) in [6, 6.07) is 0.377. The molecule has 136 valence electrons. The first-order valence-electron chi connectivity index (χ1n) is 9.88. The highest BCUT2D eigenvalue weighted by atomic mass is 16.5. The van der Waals surface area contributed by atoms with Crippen LogP contribution in [0.1, 0.15) is 64.2 Å². The van der Waals surface area contributed by atoms with Crippen LogP contribution in [0.3, 0.4) is 0 Å². The smallest absolute Gasteiger partial charge is 0.223 e. The minimum absolute atomic E-state index is 0.0899. The van der Waals surface area contributed by atoms with Crippen LogP contribution in [-0.2, 0) is 14.3 Å². The van der Waals surface area contributed by atoms with Gasteiger partial charge in [-0.2, -0.15) is 0 Å². The lowest BCUT2D eigenvalue weighted by atomic mass is 9.94. The monoisotopic (exact) mass is 336 g/mol. The van der Waals surface area contributed by atoms with Gasteiger partial charge < -0.3 is 15.0 Å². The zero-order valence-corrected chi connectivity index (χ0v) is 14.8. The molecule has 0 bridgehead atoms. The first-order valence-corrected chi connectivity index (χ1v) is 9.88. The molecule has 5 heteroatoms. The molecule has 0 aromatic rings. The van der Waals surface area contributed by atoms with E-state index in [1.165, 1.54) is 25.7 Å². The molecule has 1 saturated carbocycles. The lowest BCUT2D eigenvalue weighted by molar-refractivity contribution is -0.136. The summed E-state index contributed by atoms with van der Waals surface area (Å²) in [6.07, 6.45) is 10.6. The highest BCUT2D eigenvalue weighted by Crippen LogP contribution is 2.23. The molecule has 3 rings (SSSR count). The standard InChI is InChI=1S/C19H32N2O3/c22-18(13-15-9-12-24-14-15)21-10-7-16(8-11-21)19(23)20-17-5-3-1-2-4-6-17/h15-17H,1-14H2,(H,20,23)/t15-/m1/s1. The number of hydrogen-bond donors (Lipinski definition) is 1. The summed E-state index contributed by atoms with van der Waals surface area (Å²) in [4.78, 5) is 26.8. The second-order valence-electron chi connectivity index (χ2n) is 7.79. The number of nitrogens with one attached hydrogen (secondary N) is 1. The largest absolute Gasteiger partial charge is 0.381 e. The van der Waals surface area contributed by atoms with Crippen LogP contribution in [0.2, 0.25) is 0 Å². The molecular weight excluding hydrogens is 304 g/mol. The third-order valence-electron chi connectivity index (χ3n) is 5.91. The average molecular weight is 336 g/mol. The second-order valence-corrected chi connectivity index (χ2v) is 7.79. The molecule has 0 aromatic heterocycles. The maximum absolute atomic E-state index is 12.5. The average Bonchev–Trinajstić information content (AvgIpc) is 2.97. The topological polar surface area (TPSA) is 58.6 Å². The molecule has 5 nitrogen and oxygen atoms in total. The number of carbonyl (C=O) groups is 2. The zero-order valence-electron chi connectivity index (χ0n) is 14.8. The van der Waals surface area contributed by atoms with Crippen LogP contribution in [0, 0.1) is 11.8 Å². The fourth-order valence-corrected chi connectivity index (χ4v) is 4.25. The van der Waals surface area contributed by atoms with Crippen LogP contribution in [0.25, 0.3) is 0 Å². The molecule has 0 radical (unpaired) electrons. The van der Waals surface area contributed by atoms with Crippen molar-refractivity contribution >= 4 is 11.8 Å². The quantitative estimate of drug-likeness (QED) is 0.803. The Morgan fingerprint density at radius 2 is 1.67 bits per heavy atom. The number of hydrogen-bond acceptors (Lipinski definition) is 3. The van der Waals surface area contributed by atoms with E-state index < -0.39 is 0 Å². The van der Waals surface area contributed by atoms with Gasteiger partial charge in [-0.3, -0.25) is 9.59 Å². The Labute approximate surface area is 145 Å². The van der Waals surface area contributed by atoms with Crippen molar-refractivity contribution in [3.63, 3.8) is 0 Å². The van der Waals surface area contributed by atoms with E-state index in [1.54, 1.807) is 0 Å². The SMILES string of the molecule is O=C(NC1CCCCCC1)C1CCN(C(=O)C[C@H]2CCOC2)CC1. The molecule has 3 fully saturated rings. The Morgan fingerprint density at radius 1 is 0.958 bits per heavy atom.